The monoisotopic (exact) mass is 333 g/mol. The number of carbonyl (C=O) groups is 2. The summed E-state index contributed by atoms with van der Waals surface area (Å²) < 4.78 is 62.3. The van der Waals surface area contributed by atoms with Crippen LogP contribution in [-0.4, -0.2) is 48.8 Å². The Balaban J connectivity index is 0.000000295. The molecule has 2 fully saturated rings. The molecule has 1 aliphatic heterocycles. The molecule has 0 radical (unpaired) electrons. The number of nitrogens with one attached hydrogen (secondary N) is 1. The van der Waals surface area contributed by atoms with Crippen molar-refractivity contribution >= 4 is 11.9 Å². The lowest BCUT2D eigenvalue weighted by molar-refractivity contribution is -0.192. The van der Waals surface area contributed by atoms with Gasteiger partial charge in [0.2, 0.25) is 5.92 Å². The lowest BCUT2D eigenvalue weighted by Gasteiger charge is -2.52. The molecule has 0 bridgehead atoms. The molecule has 5 nitrogen and oxygen atoms in total. The van der Waals surface area contributed by atoms with Crippen LogP contribution < -0.4 is 5.32 Å². The van der Waals surface area contributed by atoms with Gasteiger partial charge in [0.15, 0.2) is 0 Å². The lowest BCUT2D eigenvalue weighted by atomic mass is 9.63. The highest BCUT2D eigenvalue weighted by Crippen LogP contribution is 2.48. The topological polar surface area (TPSA) is 75.6 Å². The van der Waals surface area contributed by atoms with E-state index in [0.717, 1.165) is 0 Å². The fraction of sp³-hybridized carbons (Fsp3) is 0.833. The second-order valence-corrected chi connectivity index (χ2v) is 5.36. The van der Waals surface area contributed by atoms with E-state index < -0.39 is 18.1 Å². The van der Waals surface area contributed by atoms with Gasteiger partial charge in [-0.25, -0.2) is 13.6 Å². The van der Waals surface area contributed by atoms with Gasteiger partial charge in [-0.1, -0.05) is 0 Å². The van der Waals surface area contributed by atoms with E-state index in [1.807, 2.05) is 0 Å². The SMILES string of the molecule is COC(=O)C1NCC12CCC(F)(F)CC2.O=C(O)C(F)(F)F. The zero-order chi connectivity index (χ0) is 17.2. The summed E-state index contributed by atoms with van der Waals surface area (Å²) in [6, 6.07) is -0.376. The van der Waals surface area contributed by atoms with E-state index in [9.17, 15) is 26.7 Å². The summed E-state index contributed by atoms with van der Waals surface area (Å²) in [7, 11) is 1.33. The van der Waals surface area contributed by atoms with Gasteiger partial charge >= 0.3 is 18.1 Å². The van der Waals surface area contributed by atoms with Crippen molar-refractivity contribution in [3.05, 3.63) is 0 Å². The number of esters is 1. The van der Waals surface area contributed by atoms with Crippen LogP contribution in [0.3, 0.4) is 0 Å². The number of ether oxygens (including phenoxy) is 1. The highest BCUT2D eigenvalue weighted by molar-refractivity contribution is 5.78. The fourth-order valence-corrected chi connectivity index (χ4v) is 2.52. The van der Waals surface area contributed by atoms with Gasteiger partial charge in [0.1, 0.15) is 6.04 Å². The van der Waals surface area contributed by atoms with Gasteiger partial charge in [-0.2, -0.15) is 13.2 Å². The fourth-order valence-electron chi connectivity index (χ4n) is 2.52. The van der Waals surface area contributed by atoms with Crippen LogP contribution >= 0.6 is 0 Å². The van der Waals surface area contributed by atoms with Crippen molar-refractivity contribution in [2.45, 2.75) is 43.8 Å². The maximum atomic E-state index is 13.0. The Hall–Kier alpha value is -1.45. The van der Waals surface area contributed by atoms with E-state index in [4.69, 9.17) is 9.90 Å². The number of carboxylic acid groups (broad SMARTS) is 1. The molecule has 2 aliphatic rings. The van der Waals surface area contributed by atoms with Gasteiger partial charge in [0, 0.05) is 24.8 Å². The first-order valence-electron chi connectivity index (χ1n) is 6.43. The maximum absolute atomic E-state index is 13.0. The lowest BCUT2D eigenvalue weighted by Crippen LogP contribution is -2.67. The van der Waals surface area contributed by atoms with Crippen LogP contribution in [0.25, 0.3) is 0 Å². The van der Waals surface area contributed by atoms with Crippen molar-refractivity contribution in [3.63, 3.8) is 0 Å². The number of aliphatic carboxylic acids is 1. The molecule has 10 heteroatoms. The van der Waals surface area contributed by atoms with Crippen LogP contribution in [0.5, 0.6) is 0 Å². The number of halogens is 5. The van der Waals surface area contributed by atoms with Crippen LogP contribution in [0.4, 0.5) is 22.0 Å². The molecule has 2 rings (SSSR count). The molecule has 1 spiro atoms. The molecule has 0 aromatic rings. The molecule has 0 amide bonds. The average molecular weight is 333 g/mol. The van der Waals surface area contributed by atoms with Gasteiger partial charge in [-0.05, 0) is 12.8 Å². The predicted molar refractivity (Wildman–Crippen MR) is 63.3 cm³/mol. The van der Waals surface area contributed by atoms with Crippen molar-refractivity contribution in [2.24, 2.45) is 5.41 Å². The second kappa shape index (κ2) is 6.35. The Morgan fingerprint density at radius 3 is 1.91 bits per heavy atom. The first-order chi connectivity index (χ1) is 9.93. The zero-order valence-electron chi connectivity index (χ0n) is 11.7. The summed E-state index contributed by atoms with van der Waals surface area (Å²) in [4.78, 5) is 20.3. The first kappa shape index (κ1) is 18.6. The summed E-state index contributed by atoms with van der Waals surface area (Å²) in [6.45, 7) is 0.656. The van der Waals surface area contributed by atoms with Crippen molar-refractivity contribution in [1.29, 1.82) is 0 Å². The van der Waals surface area contributed by atoms with Crippen molar-refractivity contribution in [1.82, 2.24) is 5.32 Å². The third-order valence-electron chi connectivity index (χ3n) is 3.93. The number of carboxylic acids is 1. The Bertz CT molecular complexity index is 428. The molecule has 1 aliphatic carbocycles. The summed E-state index contributed by atoms with van der Waals surface area (Å²) in [6.07, 6.45) is -4.48. The quantitative estimate of drug-likeness (QED) is 0.567. The van der Waals surface area contributed by atoms with Crippen LogP contribution in [0, 0.1) is 5.41 Å². The van der Waals surface area contributed by atoms with Crippen molar-refractivity contribution < 1.29 is 41.4 Å². The van der Waals surface area contributed by atoms with Crippen LogP contribution in [0.1, 0.15) is 25.7 Å². The van der Waals surface area contributed by atoms with Gasteiger partial charge in [-0.3, -0.25) is 4.79 Å². The molecule has 1 saturated carbocycles. The minimum Gasteiger partial charge on any atom is -0.475 e. The number of carbonyl (C=O) groups excluding carboxylic acids is 1. The summed E-state index contributed by atoms with van der Waals surface area (Å²) in [5.41, 5.74) is -0.269. The van der Waals surface area contributed by atoms with E-state index in [0.29, 0.717) is 19.4 Å². The molecule has 128 valence electrons. The maximum Gasteiger partial charge on any atom is 0.490 e. The standard InChI is InChI=1S/C10H15F2NO2.C2HF3O2/c1-15-8(14)7-9(6-13-7)2-4-10(11,12)5-3-9;3-2(4,5)1(6)7/h7,13H,2-6H2,1H3;(H,6,7). The van der Waals surface area contributed by atoms with Gasteiger partial charge in [0.25, 0.3) is 0 Å². The number of hydrogen-bond donors (Lipinski definition) is 2. The predicted octanol–water partition coefficient (Wildman–Crippen LogP) is 1.96. The number of alkyl halides is 5. The van der Waals surface area contributed by atoms with E-state index in [1.54, 1.807) is 0 Å². The Kier molecular flexibility index (Phi) is 5.37. The molecule has 1 atom stereocenters. The molecule has 2 N–H and O–H groups in total. The number of hydrogen-bond acceptors (Lipinski definition) is 4. The molecule has 1 saturated heterocycles. The first-order valence-corrected chi connectivity index (χ1v) is 6.43. The Labute approximate surface area is 122 Å². The van der Waals surface area contributed by atoms with Crippen molar-refractivity contribution in [2.75, 3.05) is 13.7 Å². The summed E-state index contributed by atoms with van der Waals surface area (Å²) in [5, 5.41) is 10.1. The molecule has 22 heavy (non-hydrogen) atoms. The molecule has 0 aromatic carbocycles. The minimum atomic E-state index is -5.08. The highest BCUT2D eigenvalue weighted by atomic mass is 19.4. The Morgan fingerprint density at radius 1 is 1.18 bits per heavy atom. The smallest absolute Gasteiger partial charge is 0.475 e. The normalized spacial score (nSPS) is 25.5. The van der Waals surface area contributed by atoms with Crippen LogP contribution in [0.15, 0.2) is 0 Å². The van der Waals surface area contributed by atoms with E-state index >= 15 is 0 Å². The summed E-state index contributed by atoms with van der Waals surface area (Å²) >= 11 is 0. The molecule has 0 aromatic heterocycles. The molecular weight excluding hydrogens is 317 g/mol. The Morgan fingerprint density at radius 2 is 1.64 bits per heavy atom. The third kappa shape index (κ3) is 4.28. The summed E-state index contributed by atoms with van der Waals surface area (Å²) in [5.74, 6) is -5.62. The molecular formula is C12H16F5NO4. The van der Waals surface area contributed by atoms with Crippen molar-refractivity contribution in [3.8, 4) is 0 Å². The van der Waals surface area contributed by atoms with Crippen LogP contribution in [0.2, 0.25) is 0 Å². The largest absolute Gasteiger partial charge is 0.490 e. The van der Waals surface area contributed by atoms with E-state index in [2.05, 4.69) is 10.1 Å². The zero-order valence-corrected chi connectivity index (χ0v) is 11.7. The van der Waals surface area contributed by atoms with Gasteiger partial charge in [-0.15, -0.1) is 0 Å². The highest BCUT2D eigenvalue weighted by Gasteiger charge is 2.55. The minimum absolute atomic E-state index is 0.109. The molecule has 1 unspecified atom stereocenters. The second-order valence-electron chi connectivity index (χ2n) is 5.36. The average Bonchev–Trinajstić information content (AvgIpc) is 2.37. The van der Waals surface area contributed by atoms with Gasteiger partial charge < -0.3 is 15.2 Å². The number of methoxy groups -OCH3 is 1. The number of rotatable bonds is 1. The van der Waals surface area contributed by atoms with E-state index in [1.165, 1.54) is 7.11 Å². The third-order valence-corrected chi connectivity index (χ3v) is 3.93. The van der Waals surface area contributed by atoms with E-state index in [-0.39, 0.29) is 30.3 Å². The molecule has 1 heterocycles. The van der Waals surface area contributed by atoms with Crippen LogP contribution in [-0.2, 0) is 14.3 Å². The van der Waals surface area contributed by atoms with Gasteiger partial charge in [0.05, 0.1) is 7.11 Å².